The van der Waals surface area contributed by atoms with Crippen LogP contribution in [-0.2, 0) is 23.3 Å². The zero-order chi connectivity index (χ0) is 20.6. The molecule has 2 heterocycles. The molecule has 2 aliphatic rings. The fraction of sp³-hybridized carbons (Fsp3) is 1.00. The smallest absolute Gasteiger partial charge is 0.391 e. The van der Waals surface area contributed by atoms with Gasteiger partial charge in [0.25, 0.3) is 0 Å². The lowest BCUT2D eigenvalue weighted by molar-refractivity contribution is -0.310. The van der Waals surface area contributed by atoms with E-state index < -0.39 is 82.4 Å². The van der Waals surface area contributed by atoms with Crippen LogP contribution in [-0.4, -0.2) is 120 Å². The molecular weight excluding hydrogens is 399 g/mol. The normalized spacial score (nSPS) is 46.0. The average Bonchev–Trinajstić information content (AvgIpc) is 2.82. The number of hydrogen-bond donors (Lipinski definition) is 9. The third-order valence-electron chi connectivity index (χ3n) is 4.25. The molecule has 2 saturated heterocycles. The van der Waals surface area contributed by atoms with Crippen LogP contribution in [0.3, 0.4) is 0 Å². The fourth-order valence-electron chi connectivity index (χ4n) is 2.69. The third-order valence-corrected chi connectivity index (χ3v) is 4.73. The summed E-state index contributed by atoms with van der Waals surface area (Å²) in [4.78, 5) is 17.4. The predicted octanol–water partition coefficient (Wildman–Crippen LogP) is -5.28. The highest BCUT2D eigenvalue weighted by atomic mass is 31.2. The van der Waals surface area contributed by atoms with Crippen molar-refractivity contribution >= 4 is 7.82 Å². The van der Waals surface area contributed by atoms with Gasteiger partial charge in [-0.2, -0.15) is 0 Å². The summed E-state index contributed by atoms with van der Waals surface area (Å²) in [5.41, 5.74) is 0. The van der Waals surface area contributed by atoms with Crippen molar-refractivity contribution in [3.8, 4) is 0 Å². The lowest BCUT2D eigenvalue weighted by Crippen LogP contribution is -2.59. The topological polar surface area (TPSA) is 236 Å². The van der Waals surface area contributed by atoms with E-state index in [1.54, 1.807) is 0 Å². The Morgan fingerprint density at radius 3 is 2.07 bits per heavy atom. The number of phosphoric ester groups is 1. The Bertz CT molecular complexity index is 542. The molecule has 9 N–H and O–H groups in total. The Balaban J connectivity index is 1.97. The molecule has 2 fully saturated rings. The summed E-state index contributed by atoms with van der Waals surface area (Å²) in [7, 11) is -4.89. The second-order valence-corrected chi connectivity index (χ2v) is 7.47. The Morgan fingerprint density at radius 1 is 0.926 bits per heavy atom. The molecule has 0 aromatic rings. The molecule has 0 radical (unpaired) electrons. The molecule has 0 spiro atoms. The van der Waals surface area contributed by atoms with E-state index in [-0.39, 0.29) is 0 Å². The van der Waals surface area contributed by atoms with Gasteiger partial charge in [0.05, 0.1) is 19.8 Å². The van der Waals surface area contributed by atoms with Crippen LogP contribution in [0.2, 0.25) is 0 Å². The molecule has 0 aliphatic carbocycles. The summed E-state index contributed by atoms with van der Waals surface area (Å²) in [5.74, 6) is -2.42. The molecular formula is C12H23O14P. The minimum atomic E-state index is -4.89. The van der Waals surface area contributed by atoms with Crippen molar-refractivity contribution in [1.29, 1.82) is 0 Å². The highest BCUT2D eigenvalue weighted by molar-refractivity contribution is 7.46. The summed E-state index contributed by atoms with van der Waals surface area (Å²) in [5, 5.41) is 67.8. The van der Waals surface area contributed by atoms with E-state index in [9.17, 15) is 35.2 Å². The number of phosphoric acid groups is 1. The molecule has 160 valence electrons. The minimum Gasteiger partial charge on any atom is -0.391 e. The molecule has 0 aromatic carbocycles. The Hall–Kier alpha value is -0.290. The maximum atomic E-state index is 10.7. The number of ether oxygens (including phenoxy) is 3. The Labute approximate surface area is 152 Å². The van der Waals surface area contributed by atoms with Crippen LogP contribution < -0.4 is 0 Å². The molecule has 9 atom stereocenters. The molecule has 0 unspecified atom stereocenters. The monoisotopic (exact) mass is 422 g/mol. The lowest BCUT2D eigenvalue weighted by Gasteiger charge is -2.40. The first-order valence-electron chi connectivity index (χ1n) is 7.78. The van der Waals surface area contributed by atoms with E-state index in [1.165, 1.54) is 0 Å². The van der Waals surface area contributed by atoms with E-state index >= 15 is 0 Å². The first-order valence-corrected chi connectivity index (χ1v) is 9.31. The molecule has 2 aliphatic heterocycles. The second-order valence-electron chi connectivity index (χ2n) is 6.23. The molecule has 27 heavy (non-hydrogen) atoms. The van der Waals surface area contributed by atoms with Crippen molar-refractivity contribution in [2.24, 2.45) is 0 Å². The van der Waals surface area contributed by atoms with Gasteiger partial charge in [-0.15, -0.1) is 0 Å². The van der Waals surface area contributed by atoms with Gasteiger partial charge in [0, 0.05) is 0 Å². The zero-order valence-electron chi connectivity index (χ0n) is 13.8. The first kappa shape index (κ1) is 23.0. The minimum absolute atomic E-state index is 0.586. The van der Waals surface area contributed by atoms with E-state index in [1.807, 2.05) is 0 Å². The largest absolute Gasteiger partial charge is 0.469 e. The number of rotatable bonds is 7. The van der Waals surface area contributed by atoms with Crippen LogP contribution >= 0.6 is 7.82 Å². The standard InChI is InChI=1S/C12H23O14P/c13-3-12(19)10(18)7(15)5(26-12)1-23-11-9(17)8(16)6(14)4(25-11)2-24-27(20,21)22/h4-11,13-19H,1-3H2,(H2,20,21,22)/t4-,5-,6-,7-,8+,9-,10+,11+,12-/m1/s1. The van der Waals surface area contributed by atoms with Gasteiger partial charge in [-0.05, 0) is 0 Å². The summed E-state index contributed by atoms with van der Waals surface area (Å²) in [6, 6.07) is 0. The number of hydrogen-bond acceptors (Lipinski definition) is 12. The quantitative estimate of drug-likeness (QED) is 0.174. The van der Waals surface area contributed by atoms with Crippen molar-refractivity contribution in [2.45, 2.75) is 54.8 Å². The van der Waals surface area contributed by atoms with Crippen molar-refractivity contribution in [1.82, 2.24) is 0 Å². The van der Waals surface area contributed by atoms with Gasteiger partial charge in [0.15, 0.2) is 6.29 Å². The summed E-state index contributed by atoms with van der Waals surface area (Å²) in [6.07, 6.45) is -13.3. The highest BCUT2D eigenvalue weighted by Gasteiger charge is 2.54. The van der Waals surface area contributed by atoms with Crippen molar-refractivity contribution in [2.75, 3.05) is 19.8 Å². The van der Waals surface area contributed by atoms with E-state index in [2.05, 4.69) is 4.52 Å². The maximum absolute atomic E-state index is 10.7. The van der Waals surface area contributed by atoms with Gasteiger partial charge in [-0.1, -0.05) is 0 Å². The van der Waals surface area contributed by atoms with E-state index in [0.717, 1.165) is 0 Å². The first-order chi connectivity index (χ1) is 12.4. The summed E-state index contributed by atoms with van der Waals surface area (Å²) in [6.45, 7) is -2.44. The fourth-order valence-corrected chi connectivity index (χ4v) is 3.03. The van der Waals surface area contributed by atoms with Crippen LogP contribution in [0.15, 0.2) is 0 Å². The van der Waals surface area contributed by atoms with Crippen LogP contribution in [0.1, 0.15) is 0 Å². The Kier molecular flexibility index (Phi) is 7.33. The van der Waals surface area contributed by atoms with Gasteiger partial charge in [-0.25, -0.2) is 4.57 Å². The second kappa shape index (κ2) is 8.61. The van der Waals surface area contributed by atoms with Gasteiger partial charge in [0.2, 0.25) is 5.79 Å². The van der Waals surface area contributed by atoms with Crippen molar-refractivity contribution in [3.05, 3.63) is 0 Å². The molecule has 0 bridgehead atoms. The third kappa shape index (κ3) is 5.20. The highest BCUT2D eigenvalue weighted by Crippen LogP contribution is 2.37. The van der Waals surface area contributed by atoms with Gasteiger partial charge >= 0.3 is 7.82 Å². The van der Waals surface area contributed by atoms with Crippen LogP contribution in [0.4, 0.5) is 0 Å². The summed E-state index contributed by atoms with van der Waals surface area (Å²) >= 11 is 0. The van der Waals surface area contributed by atoms with E-state index in [4.69, 9.17) is 29.1 Å². The lowest BCUT2D eigenvalue weighted by atomic mass is 9.99. The molecule has 2 rings (SSSR count). The molecule has 14 nitrogen and oxygen atoms in total. The molecule has 0 saturated carbocycles. The van der Waals surface area contributed by atoms with Crippen LogP contribution in [0.5, 0.6) is 0 Å². The van der Waals surface area contributed by atoms with Crippen molar-refractivity contribution in [3.63, 3.8) is 0 Å². The van der Waals surface area contributed by atoms with Gasteiger partial charge < -0.3 is 59.7 Å². The average molecular weight is 422 g/mol. The maximum Gasteiger partial charge on any atom is 0.469 e. The van der Waals surface area contributed by atoms with Crippen molar-refractivity contribution < 1.29 is 68.8 Å². The van der Waals surface area contributed by atoms with Gasteiger partial charge in [0.1, 0.15) is 42.7 Å². The number of aliphatic hydroxyl groups excluding tert-OH is 6. The van der Waals surface area contributed by atoms with E-state index in [0.29, 0.717) is 0 Å². The SMILES string of the molecule is O=P(O)(O)OC[C@H]1O[C@H](OC[C@H]2O[C@](O)(CO)[C@@H](O)[C@@H]2O)[C@H](O)[C@@H](O)[C@@H]1O. The van der Waals surface area contributed by atoms with Gasteiger partial charge in [-0.3, -0.25) is 4.52 Å². The van der Waals surface area contributed by atoms with Crippen LogP contribution in [0.25, 0.3) is 0 Å². The predicted molar refractivity (Wildman–Crippen MR) is 79.6 cm³/mol. The summed E-state index contributed by atoms with van der Waals surface area (Å²) < 4.78 is 30.1. The Morgan fingerprint density at radius 2 is 1.56 bits per heavy atom. The molecule has 15 heteroatoms. The van der Waals surface area contributed by atoms with Crippen LogP contribution in [0, 0.1) is 0 Å². The molecule has 0 amide bonds. The number of aliphatic hydroxyl groups is 7. The molecule has 0 aromatic heterocycles. The zero-order valence-corrected chi connectivity index (χ0v) is 14.6.